The molecule has 0 aliphatic heterocycles. The molecule has 1 heterocycles. The minimum absolute atomic E-state index is 0.0888. The van der Waals surface area contributed by atoms with Crippen molar-refractivity contribution in [1.29, 1.82) is 0 Å². The minimum Gasteiger partial charge on any atom is -0.352 e. The van der Waals surface area contributed by atoms with Gasteiger partial charge < -0.3 is 5.32 Å². The number of anilines is 1. The summed E-state index contributed by atoms with van der Waals surface area (Å²) in [6, 6.07) is 4.52. The number of imidazole rings is 1. The fraction of sp³-hybridized carbons (Fsp3) is 0.0833. The Kier molecular flexibility index (Phi) is 3.44. The van der Waals surface area contributed by atoms with Crippen LogP contribution in [-0.2, 0) is 0 Å². The Balaban J connectivity index is 2.35. The van der Waals surface area contributed by atoms with Crippen LogP contribution >= 0.6 is 11.6 Å². The van der Waals surface area contributed by atoms with Crippen LogP contribution in [0.2, 0.25) is 5.02 Å². The Hall–Kier alpha value is -1.81. The van der Waals surface area contributed by atoms with E-state index in [0.717, 1.165) is 5.69 Å². The van der Waals surface area contributed by atoms with Gasteiger partial charge in [0.05, 0.1) is 10.7 Å². The molecule has 3 nitrogen and oxygen atoms in total. The van der Waals surface area contributed by atoms with E-state index < -0.39 is 5.82 Å². The average molecular weight is 252 g/mol. The van der Waals surface area contributed by atoms with Crippen molar-refractivity contribution in [3.05, 3.63) is 54.1 Å². The first kappa shape index (κ1) is 11.7. The van der Waals surface area contributed by atoms with E-state index in [4.69, 9.17) is 11.6 Å². The standard InChI is InChI=1S/C12H11ClFN3/c1-2-5-15-12-16-6-7-17(12)9-3-4-11(14)10(13)8-9/h2-4,6-8H,1,5H2,(H,15,16). The van der Waals surface area contributed by atoms with Crippen LogP contribution in [0, 0.1) is 5.82 Å². The maximum atomic E-state index is 13.1. The van der Waals surface area contributed by atoms with Gasteiger partial charge in [0, 0.05) is 18.9 Å². The molecule has 2 rings (SSSR count). The van der Waals surface area contributed by atoms with Gasteiger partial charge in [0.2, 0.25) is 5.95 Å². The van der Waals surface area contributed by atoms with Gasteiger partial charge in [0.1, 0.15) is 5.82 Å². The zero-order chi connectivity index (χ0) is 12.3. The number of rotatable bonds is 4. The number of hydrogen-bond donors (Lipinski definition) is 1. The van der Waals surface area contributed by atoms with Gasteiger partial charge in [0.15, 0.2) is 0 Å². The summed E-state index contributed by atoms with van der Waals surface area (Å²) in [6.07, 6.45) is 5.16. The van der Waals surface area contributed by atoms with Crippen LogP contribution in [0.15, 0.2) is 43.2 Å². The van der Waals surface area contributed by atoms with E-state index >= 15 is 0 Å². The number of nitrogens with one attached hydrogen (secondary N) is 1. The summed E-state index contributed by atoms with van der Waals surface area (Å²) in [4.78, 5) is 4.15. The highest BCUT2D eigenvalue weighted by molar-refractivity contribution is 6.30. The second-order valence-electron chi connectivity index (χ2n) is 3.39. The Bertz CT molecular complexity index is 536. The molecular weight excluding hydrogens is 241 g/mol. The predicted molar refractivity (Wildman–Crippen MR) is 67.2 cm³/mol. The van der Waals surface area contributed by atoms with E-state index in [0.29, 0.717) is 12.5 Å². The Morgan fingerprint density at radius 3 is 3.06 bits per heavy atom. The first-order valence-corrected chi connectivity index (χ1v) is 5.43. The SMILES string of the molecule is C=CCNc1nccn1-c1ccc(F)c(Cl)c1. The fourth-order valence-electron chi connectivity index (χ4n) is 1.44. The molecule has 0 aliphatic rings. The zero-order valence-corrected chi connectivity index (χ0v) is 9.78. The molecule has 1 aromatic heterocycles. The lowest BCUT2D eigenvalue weighted by molar-refractivity contribution is 0.628. The lowest BCUT2D eigenvalue weighted by Gasteiger charge is -2.09. The van der Waals surface area contributed by atoms with E-state index in [9.17, 15) is 4.39 Å². The summed E-state index contributed by atoms with van der Waals surface area (Å²) in [6.45, 7) is 4.22. The van der Waals surface area contributed by atoms with Crippen LogP contribution in [0.1, 0.15) is 0 Å². The Morgan fingerprint density at radius 2 is 2.35 bits per heavy atom. The molecule has 0 saturated carbocycles. The summed E-state index contributed by atoms with van der Waals surface area (Å²) in [5.74, 6) is 0.226. The number of benzene rings is 1. The summed E-state index contributed by atoms with van der Waals surface area (Å²) < 4.78 is 14.8. The second kappa shape index (κ2) is 5.01. The van der Waals surface area contributed by atoms with Crippen LogP contribution in [0.5, 0.6) is 0 Å². The highest BCUT2D eigenvalue weighted by Gasteiger charge is 2.06. The van der Waals surface area contributed by atoms with Gasteiger partial charge in [-0.05, 0) is 18.2 Å². The largest absolute Gasteiger partial charge is 0.352 e. The molecule has 2 aromatic rings. The summed E-state index contributed by atoms with van der Waals surface area (Å²) >= 11 is 5.74. The zero-order valence-electron chi connectivity index (χ0n) is 9.03. The van der Waals surface area contributed by atoms with Crippen molar-refractivity contribution in [3.63, 3.8) is 0 Å². The van der Waals surface area contributed by atoms with Crippen molar-refractivity contribution in [2.24, 2.45) is 0 Å². The van der Waals surface area contributed by atoms with Crippen molar-refractivity contribution >= 4 is 17.5 Å². The molecule has 0 radical (unpaired) electrons. The van der Waals surface area contributed by atoms with Crippen LogP contribution in [0.25, 0.3) is 5.69 Å². The Morgan fingerprint density at radius 1 is 1.53 bits per heavy atom. The molecule has 5 heteroatoms. The third-order valence-electron chi connectivity index (χ3n) is 2.23. The van der Waals surface area contributed by atoms with E-state index in [1.807, 2.05) is 0 Å². The van der Waals surface area contributed by atoms with Gasteiger partial charge in [-0.25, -0.2) is 9.37 Å². The molecule has 0 spiro atoms. The van der Waals surface area contributed by atoms with Gasteiger partial charge >= 0.3 is 0 Å². The predicted octanol–water partition coefficient (Wildman–Crippen LogP) is 3.26. The molecule has 0 aliphatic carbocycles. The van der Waals surface area contributed by atoms with Gasteiger partial charge in [-0.2, -0.15) is 0 Å². The third kappa shape index (κ3) is 2.47. The first-order valence-electron chi connectivity index (χ1n) is 5.06. The van der Waals surface area contributed by atoms with Crippen molar-refractivity contribution < 1.29 is 4.39 Å². The molecule has 1 N–H and O–H groups in total. The number of halogens is 2. The molecular formula is C12H11ClFN3. The minimum atomic E-state index is -0.434. The second-order valence-corrected chi connectivity index (χ2v) is 3.80. The first-order chi connectivity index (χ1) is 8.22. The monoisotopic (exact) mass is 251 g/mol. The summed E-state index contributed by atoms with van der Waals surface area (Å²) in [5.41, 5.74) is 0.750. The maximum Gasteiger partial charge on any atom is 0.207 e. The quantitative estimate of drug-likeness (QED) is 0.846. The number of aromatic nitrogens is 2. The molecule has 0 amide bonds. The van der Waals surface area contributed by atoms with Crippen molar-refractivity contribution in [2.45, 2.75) is 0 Å². The average Bonchev–Trinajstić information content (AvgIpc) is 2.78. The van der Waals surface area contributed by atoms with Crippen LogP contribution in [0.3, 0.4) is 0 Å². The fourth-order valence-corrected chi connectivity index (χ4v) is 1.62. The lowest BCUT2D eigenvalue weighted by atomic mass is 10.3. The van der Waals surface area contributed by atoms with E-state index in [-0.39, 0.29) is 5.02 Å². The molecule has 0 saturated heterocycles. The van der Waals surface area contributed by atoms with Crippen LogP contribution in [0.4, 0.5) is 10.3 Å². The normalized spacial score (nSPS) is 10.2. The molecule has 0 unspecified atom stereocenters. The number of hydrogen-bond acceptors (Lipinski definition) is 2. The smallest absolute Gasteiger partial charge is 0.207 e. The Labute approximate surface area is 104 Å². The van der Waals surface area contributed by atoms with Crippen LogP contribution < -0.4 is 5.32 Å². The lowest BCUT2D eigenvalue weighted by Crippen LogP contribution is -2.05. The van der Waals surface area contributed by atoms with E-state index in [2.05, 4.69) is 16.9 Å². The highest BCUT2D eigenvalue weighted by atomic mass is 35.5. The van der Waals surface area contributed by atoms with Gasteiger partial charge in [-0.15, -0.1) is 6.58 Å². The molecule has 1 aromatic carbocycles. The van der Waals surface area contributed by atoms with Crippen LogP contribution in [-0.4, -0.2) is 16.1 Å². The van der Waals surface area contributed by atoms with Gasteiger partial charge in [-0.3, -0.25) is 4.57 Å². The third-order valence-corrected chi connectivity index (χ3v) is 2.52. The summed E-state index contributed by atoms with van der Waals surface area (Å²) in [5, 5.41) is 3.16. The maximum absolute atomic E-state index is 13.1. The number of nitrogens with zero attached hydrogens (tertiary/aromatic N) is 2. The van der Waals surface area contributed by atoms with E-state index in [1.165, 1.54) is 6.07 Å². The molecule has 0 bridgehead atoms. The molecule has 0 atom stereocenters. The van der Waals surface area contributed by atoms with Crippen molar-refractivity contribution in [1.82, 2.24) is 9.55 Å². The van der Waals surface area contributed by atoms with E-state index in [1.54, 1.807) is 35.2 Å². The highest BCUT2D eigenvalue weighted by Crippen LogP contribution is 2.21. The van der Waals surface area contributed by atoms with Gasteiger partial charge in [0.25, 0.3) is 0 Å². The summed E-state index contributed by atoms with van der Waals surface area (Å²) in [7, 11) is 0. The molecule has 88 valence electrons. The molecule has 0 fully saturated rings. The van der Waals surface area contributed by atoms with Gasteiger partial charge in [-0.1, -0.05) is 17.7 Å². The molecule has 17 heavy (non-hydrogen) atoms. The topological polar surface area (TPSA) is 29.9 Å². The van der Waals surface area contributed by atoms with Crippen molar-refractivity contribution in [3.8, 4) is 5.69 Å². The van der Waals surface area contributed by atoms with Crippen molar-refractivity contribution in [2.75, 3.05) is 11.9 Å².